The number of halogens is 1. The third-order valence-electron chi connectivity index (χ3n) is 4.44. The first-order valence-electron chi connectivity index (χ1n) is 8.47. The number of pyridine rings is 1. The maximum atomic E-state index is 12.7. The van der Waals surface area contributed by atoms with Gasteiger partial charge in [0.15, 0.2) is 5.15 Å². The van der Waals surface area contributed by atoms with Crippen LogP contribution in [0, 0.1) is 0 Å². The SMILES string of the molecule is CC1(CCc2ccccc2)NC(=O)N(CC(=O)Nc2cccnc2Cl)C1=O. The van der Waals surface area contributed by atoms with Gasteiger partial charge in [-0.05, 0) is 37.5 Å². The van der Waals surface area contributed by atoms with Gasteiger partial charge in [0, 0.05) is 6.20 Å². The van der Waals surface area contributed by atoms with Crippen molar-refractivity contribution in [1.82, 2.24) is 15.2 Å². The Kier molecular flexibility index (Phi) is 5.41. The minimum Gasteiger partial charge on any atom is -0.323 e. The Morgan fingerprint density at radius 1 is 1.22 bits per heavy atom. The zero-order valence-electron chi connectivity index (χ0n) is 14.7. The molecule has 1 atom stereocenters. The summed E-state index contributed by atoms with van der Waals surface area (Å²) >= 11 is 5.90. The lowest BCUT2D eigenvalue weighted by molar-refractivity contribution is -0.133. The number of hydrogen-bond acceptors (Lipinski definition) is 4. The molecule has 1 aliphatic rings. The number of aromatic nitrogens is 1. The quantitative estimate of drug-likeness (QED) is 0.589. The van der Waals surface area contributed by atoms with E-state index in [1.165, 1.54) is 6.20 Å². The summed E-state index contributed by atoms with van der Waals surface area (Å²) in [6, 6.07) is 12.3. The van der Waals surface area contributed by atoms with Crippen molar-refractivity contribution in [2.24, 2.45) is 0 Å². The predicted octanol–water partition coefficient (Wildman–Crippen LogP) is 2.62. The van der Waals surface area contributed by atoms with E-state index in [1.54, 1.807) is 19.1 Å². The molecule has 0 radical (unpaired) electrons. The van der Waals surface area contributed by atoms with Crippen LogP contribution in [0.1, 0.15) is 18.9 Å². The number of urea groups is 1. The van der Waals surface area contributed by atoms with E-state index in [1.807, 2.05) is 30.3 Å². The molecular formula is C19H19ClN4O3. The summed E-state index contributed by atoms with van der Waals surface area (Å²) in [5, 5.41) is 5.39. The van der Waals surface area contributed by atoms with Crippen LogP contribution in [-0.2, 0) is 16.0 Å². The predicted molar refractivity (Wildman–Crippen MR) is 101 cm³/mol. The summed E-state index contributed by atoms with van der Waals surface area (Å²) in [6.45, 7) is 1.28. The first-order valence-corrected chi connectivity index (χ1v) is 8.85. The maximum Gasteiger partial charge on any atom is 0.325 e. The van der Waals surface area contributed by atoms with Crippen LogP contribution >= 0.6 is 11.6 Å². The summed E-state index contributed by atoms with van der Waals surface area (Å²) in [5.41, 5.74) is 0.352. The second-order valence-corrected chi connectivity index (χ2v) is 6.89. The summed E-state index contributed by atoms with van der Waals surface area (Å²) in [4.78, 5) is 42.0. The molecule has 140 valence electrons. The third kappa shape index (κ3) is 4.25. The first kappa shape index (κ1) is 18.8. The van der Waals surface area contributed by atoms with E-state index in [4.69, 9.17) is 11.6 Å². The summed E-state index contributed by atoms with van der Waals surface area (Å²) < 4.78 is 0. The molecule has 27 heavy (non-hydrogen) atoms. The molecule has 1 saturated heterocycles. The molecule has 1 aromatic carbocycles. The van der Waals surface area contributed by atoms with Gasteiger partial charge in [-0.25, -0.2) is 9.78 Å². The number of hydrogen-bond donors (Lipinski definition) is 2. The fraction of sp³-hybridized carbons (Fsp3) is 0.263. The van der Waals surface area contributed by atoms with Crippen molar-refractivity contribution in [2.45, 2.75) is 25.3 Å². The lowest BCUT2D eigenvalue weighted by Crippen LogP contribution is -2.45. The van der Waals surface area contributed by atoms with Crippen LogP contribution in [0.2, 0.25) is 5.15 Å². The van der Waals surface area contributed by atoms with Gasteiger partial charge in [0.25, 0.3) is 5.91 Å². The minimum absolute atomic E-state index is 0.135. The Bertz CT molecular complexity index is 874. The van der Waals surface area contributed by atoms with Gasteiger partial charge >= 0.3 is 6.03 Å². The van der Waals surface area contributed by atoms with Crippen LogP contribution < -0.4 is 10.6 Å². The lowest BCUT2D eigenvalue weighted by atomic mass is 9.93. The normalized spacial score (nSPS) is 19.1. The second-order valence-electron chi connectivity index (χ2n) is 6.53. The van der Waals surface area contributed by atoms with Crippen molar-refractivity contribution in [3.05, 3.63) is 59.4 Å². The van der Waals surface area contributed by atoms with E-state index in [0.717, 1.165) is 10.5 Å². The highest BCUT2D eigenvalue weighted by molar-refractivity contribution is 6.32. The van der Waals surface area contributed by atoms with Crippen molar-refractivity contribution in [3.8, 4) is 0 Å². The third-order valence-corrected chi connectivity index (χ3v) is 4.74. The summed E-state index contributed by atoms with van der Waals surface area (Å²) in [7, 11) is 0. The molecule has 0 aliphatic carbocycles. The molecule has 0 spiro atoms. The van der Waals surface area contributed by atoms with Gasteiger partial charge in [0.1, 0.15) is 12.1 Å². The van der Waals surface area contributed by atoms with E-state index >= 15 is 0 Å². The monoisotopic (exact) mass is 386 g/mol. The van der Waals surface area contributed by atoms with Crippen molar-refractivity contribution >= 4 is 35.1 Å². The van der Waals surface area contributed by atoms with Crippen molar-refractivity contribution in [2.75, 3.05) is 11.9 Å². The van der Waals surface area contributed by atoms with Gasteiger partial charge in [-0.1, -0.05) is 41.9 Å². The minimum atomic E-state index is -1.04. The van der Waals surface area contributed by atoms with Gasteiger partial charge in [-0.2, -0.15) is 0 Å². The van der Waals surface area contributed by atoms with Gasteiger partial charge in [0.05, 0.1) is 5.69 Å². The molecule has 1 aromatic heterocycles. The molecule has 1 fully saturated rings. The summed E-state index contributed by atoms with van der Waals surface area (Å²) in [5.74, 6) is -0.948. The molecule has 3 rings (SSSR count). The highest BCUT2D eigenvalue weighted by atomic mass is 35.5. The fourth-order valence-electron chi connectivity index (χ4n) is 2.91. The number of nitrogens with one attached hydrogen (secondary N) is 2. The molecule has 1 unspecified atom stereocenters. The number of nitrogens with zero attached hydrogens (tertiary/aromatic N) is 2. The molecule has 7 nitrogen and oxygen atoms in total. The molecular weight excluding hydrogens is 368 g/mol. The molecule has 0 saturated carbocycles. The average Bonchev–Trinajstić information content (AvgIpc) is 2.86. The number of carbonyl (C=O) groups is 3. The Labute approximate surface area is 161 Å². The molecule has 2 aromatic rings. The number of amides is 4. The van der Waals surface area contributed by atoms with Gasteiger partial charge in [0.2, 0.25) is 5.91 Å². The highest BCUT2D eigenvalue weighted by Gasteiger charge is 2.47. The molecule has 1 aliphatic heterocycles. The Morgan fingerprint density at radius 3 is 2.67 bits per heavy atom. The van der Waals surface area contributed by atoms with E-state index in [0.29, 0.717) is 18.5 Å². The average molecular weight is 387 g/mol. The van der Waals surface area contributed by atoms with Gasteiger partial charge < -0.3 is 10.6 Å². The number of carbonyl (C=O) groups excluding carboxylic acids is 3. The van der Waals surface area contributed by atoms with Crippen LogP contribution in [0.5, 0.6) is 0 Å². The zero-order valence-corrected chi connectivity index (χ0v) is 15.5. The zero-order chi connectivity index (χ0) is 19.4. The molecule has 0 bridgehead atoms. The number of aryl methyl sites for hydroxylation is 1. The van der Waals surface area contributed by atoms with Gasteiger partial charge in [-0.15, -0.1) is 0 Å². The van der Waals surface area contributed by atoms with E-state index in [9.17, 15) is 14.4 Å². The number of benzene rings is 1. The number of anilines is 1. The van der Waals surface area contributed by atoms with Crippen molar-refractivity contribution < 1.29 is 14.4 Å². The Balaban J connectivity index is 1.63. The number of imide groups is 1. The van der Waals surface area contributed by atoms with E-state index in [2.05, 4.69) is 15.6 Å². The van der Waals surface area contributed by atoms with Crippen LogP contribution in [0.15, 0.2) is 48.7 Å². The van der Waals surface area contributed by atoms with Crippen LogP contribution in [0.3, 0.4) is 0 Å². The molecule has 8 heteroatoms. The topological polar surface area (TPSA) is 91.4 Å². The molecule has 2 N–H and O–H groups in total. The largest absolute Gasteiger partial charge is 0.325 e. The molecule has 2 heterocycles. The number of rotatable bonds is 6. The fourth-order valence-corrected chi connectivity index (χ4v) is 3.08. The first-order chi connectivity index (χ1) is 12.9. The van der Waals surface area contributed by atoms with Crippen molar-refractivity contribution in [3.63, 3.8) is 0 Å². The van der Waals surface area contributed by atoms with E-state index < -0.39 is 29.9 Å². The smallest absolute Gasteiger partial charge is 0.323 e. The van der Waals surface area contributed by atoms with Gasteiger partial charge in [-0.3, -0.25) is 14.5 Å². The highest BCUT2D eigenvalue weighted by Crippen LogP contribution is 2.24. The Morgan fingerprint density at radius 2 is 1.96 bits per heavy atom. The standard InChI is InChI=1S/C19H19ClN4O3/c1-19(10-9-13-6-3-2-4-7-13)17(26)24(18(27)23-19)12-15(25)22-14-8-5-11-21-16(14)20/h2-8,11H,9-10,12H2,1H3,(H,22,25)(H,23,27). The Hall–Kier alpha value is -2.93. The van der Waals surface area contributed by atoms with Crippen molar-refractivity contribution in [1.29, 1.82) is 0 Å². The lowest BCUT2D eigenvalue weighted by Gasteiger charge is -2.21. The summed E-state index contributed by atoms with van der Waals surface area (Å²) in [6.07, 6.45) is 2.57. The second kappa shape index (κ2) is 7.75. The van der Waals surface area contributed by atoms with Crippen LogP contribution in [0.4, 0.5) is 10.5 Å². The maximum absolute atomic E-state index is 12.7. The molecule has 4 amide bonds. The van der Waals surface area contributed by atoms with Crippen LogP contribution in [0.25, 0.3) is 0 Å². The van der Waals surface area contributed by atoms with Crippen LogP contribution in [-0.4, -0.2) is 39.8 Å². The van der Waals surface area contributed by atoms with E-state index in [-0.39, 0.29) is 5.15 Å².